The van der Waals surface area contributed by atoms with E-state index in [1.807, 2.05) is 4.90 Å². The molecule has 2 aromatic carbocycles. The van der Waals surface area contributed by atoms with Gasteiger partial charge in [-0.3, -0.25) is 9.97 Å². The Morgan fingerprint density at radius 3 is 2.42 bits per heavy atom. The summed E-state index contributed by atoms with van der Waals surface area (Å²) in [7, 11) is 0. The van der Waals surface area contributed by atoms with E-state index in [1.165, 1.54) is 24.4 Å². The zero-order chi connectivity index (χ0) is 25.8. The van der Waals surface area contributed by atoms with Gasteiger partial charge in [0.15, 0.2) is 0 Å². The molecule has 0 atom stereocenters. The maximum absolute atomic E-state index is 14.0. The van der Waals surface area contributed by atoms with Crippen LogP contribution in [0.5, 0.6) is 0 Å². The lowest BCUT2D eigenvalue weighted by Crippen LogP contribution is -2.42. The minimum atomic E-state index is -5.32. The van der Waals surface area contributed by atoms with Gasteiger partial charge in [0.2, 0.25) is 0 Å². The van der Waals surface area contributed by atoms with Crippen molar-refractivity contribution in [2.24, 2.45) is 0 Å². The Labute approximate surface area is 206 Å². The normalized spacial score (nSPS) is 13.7. The lowest BCUT2D eigenvalue weighted by molar-refractivity contribution is -0.359. The van der Waals surface area contributed by atoms with Gasteiger partial charge in [0.1, 0.15) is 17.6 Å². The molecule has 2 aromatic heterocycles. The first-order chi connectivity index (χ1) is 17.0. The Morgan fingerprint density at radius 2 is 1.75 bits per heavy atom. The van der Waals surface area contributed by atoms with Crippen molar-refractivity contribution in [3.63, 3.8) is 0 Å². The molecule has 3 heterocycles. The Morgan fingerprint density at radius 1 is 1.00 bits per heavy atom. The van der Waals surface area contributed by atoms with Crippen molar-refractivity contribution in [3.8, 4) is 17.2 Å². The highest BCUT2D eigenvalue weighted by Gasteiger charge is 2.55. The number of rotatable bonds is 3. The van der Waals surface area contributed by atoms with E-state index in [4.69, 9.17) is 11.6 Å². The number of fused-ring (bicyclic) bond motifs is 2. The molecule has 1 aliphatic heterocycles. The van der Waals surface area contributed by atoms with Gasteiger partial charge in [-0.1, -0.05) is 23.7 Å². The second-order valence-electron chi connectivity index (χ2n) is 8.26. The van der Waals surface area contributed by atoms with Crippen molar-refractivity contribution < 1.29 is 27.8 Å². The molecule has 0 saturated carbocycles. The van der Waals surface area contributed by atoms with Crippen LogP contribution in [0.2, 0.25) is 5.02 Å². The summed E-state index contributed by atoms with van der Waals surface area (Å²) in [6.45, 7) is 0.468. The maximum atomic E-state index is 14.0. The van der Waals surface area contributed by atoms with Gasteiger partial charge in [-0.15, -0.1) is 0 Å². The molecule has 36 heavy (non-hydrogen) atoms. The minimum absolute atomic E-state index is 0.0490. The number of alkyl halides is 3. The number of benzene rings is 2. The number of hydrogen-bond donors (Lipinski definition) is 2. The first-order valence-electron chi connectivity index (χ1n) is 10.6. The van der Waals surface area contributed by atoms with Crippen LogP contribution in [-0.2, 0) is 12.2 Å². The molecule has 0 aliphatic carbocycles. The first-order valence-corrected chi connectivity index (χ1v) is 11.0. The predicted octanol–water partition coefficient (Wildman–Crippen LogP) is 5.35. The third-order valence-electron chi connectivity index (χ3n) is 6.10. The molecule has 5 rings (SSSR count). The second-order valence-corrected chi connectivity index (χ2v) is 8.67. The Hall–Kier alpha value is -3.78. The van der Waals surface area contributed by atoms with Crippen LogP contribution in [0.3, 0.4) is 0 Å². The van der Waals surface area contributed by atoms with Crippen molar-refractivity contribution in [1.82, 2.24) is 9.97 Å². The fourth-order valence-corrected chi connectivity index (χ4v) is 4.42. The zero-order valence-corrected chi connectivity index (χ0v) is 18.9. The molecule has 4 aromatic rings. The molecular weight excluding hydrogens is 500 g/mol. The molecule has 0 saturated heterocycles. The summed E-state index contributed by atoms with van der Waals surface area (Å²) in [5, 5.41) is 29.2. The van der Waals surface area contributed by atoms with Crippen LogP contribution in [0.25, 0.3) is 22.0 Å². The molecule has 0 spiro atoms. The van der Waals surface area contributed by atoms with Gasteiger partial charge in [-0.25, -0.2) is 4.39 Å². The topological polar surface area (TPSA) is 93.3 Å². The molecular formula is C25H15ClF4N4O2. The lowest BCUT2D eigenvalue weighted by Gasteiger charge is -2.24. The van der Waals surface area contributed by atoms with E-state index in [2.05, 4.69) is 16.0 Å². The van der Waals surface area contributed by atoms with Crippen molar-refractivity contribution in [1.29, 1.82) is 5.26 Å². The molecule has 0 unspecified atom stereocenters. The lowest BCUT2D eigenvalue weighted by atomic mass is 10.0. The Balaban J connectivity index is 1.63. The number of aromatic nitrogens is 2. The van der Waals surface area contributed by atoms with Crippen LogP contribution >= 0.6 is 11.6 Å². The predicted molar refractivity (Wildman–Crippen MR) is 124 cm³/mol. The van der Waals surface area contributed by atoms with Crippen LogP contribution < -0.4 is 4.90 Å². The summed E-state index contributed by atoms with van der Waals surface area (Å²) in [6.07, 6.45) is -2.25. The van der Waals surface area contributed by atoms with Crippen LogP contribution in [0.4, 0.5) is 28.9 Å². The summed E-state index contributed by atoms with van der Waals surface area (Å²) >= 11 is 6.02. The molecule has 6 nitrogen and oxygen atoms in total. The van der Waals surface area contributed by atoms with E-state index in [9.17, 15) is 33.0 Å². The van der Waals surface area contributed by atoms with Crippen molar-refractivity contribution >= 4 is 33.9 Å². The second kappa shape index (κ2) is 8.41. The Bertz CT molecular complexity index is 1550. The number of nitrogens with zero attached hydrogens (tertiary/aromatic N) is 4. The number of nitriles is 1. The average Bonchev–Trinajstić information content (AvgIpc) is 3.24. The van der Waals surface area contributed by atoms with Crippen LogP contribution in [0.1, 0.15) is 16.8 Å². The summed E-state index contributed by atoms with van der Waals surface area (Å²) in [6, 6.07) is 12.3. The molecule has 0 amide bonds. The average molecular weight is 515 g/mol. The van der Waals surface area contributed by atoms with E-state index in [0.717, 1.165) is 17.8 Å². The largest absolute Gasteiger partial charge is 0.449 e. The number of anilines is 2. The SMILES string of the molecule is N#Cc1cnc2ccc(-c3ccc(C(O)(O)C(F)(F)F)nc3)cc2c1N1CCc2cc(F)c(Cl)cc21. The van der Waals surface area contributed by atoms with E-state index < -0.39 is 23.5 Å². The summed E-state index contributed by atoms with van der Waals surface area (Å²) < 4.78 is 52.8. The standard InChI is InChI=1S/C25H15ClF4N4O2/c26-18-9-21-14(8-19(18)27)5-6-34(21)23-16(10-31)12-32-20-3-1-13(7-17(20)23)15-2-4-22(33-11-15)24(35,36)25(28,29)30/h1-4,7-9,11-12,35-36H,5-6H2. The van der Waals surface area contributed by atoms with Crippen molar-refractivity contribution in [2.75, 3.05) is 11.4 Å². The van der Waals surface area contributed by atoms with Crippen LogP contribution in [-0.4, -0.2) is 32.9 Å². The van der Waals surface area contributed by atoms with Gasteiger partial charge in [0.05, 0.1) is 21.8 Å². The van der Waals surface area contributed by atoms with Gasteiger partial charge < -0.3 is 15.1 Å². The van der Waals surface area contributed by atoms with E-state index >= 15 is 0 Å². The summed E-state index contributed by atoms with van der Waals surface area (Å²) in [5.74, 6) is -4.62. The fourth-order valence-electron chi connectivity index (χ4n) is 4.26. The number of hydrogen-bond acceptors (Lipinski definition) is 6. The highest BCUT2D eigenvalue weighted by Crippen LogP contribution is 2.42. The fraction of sp³-hybridized carbons (Fsp3) is 0.160. The zero-order valence-electron chi connectivity index (χ0n) is 18.2. The number of halogens is 5. The van der Waals surface area contributed by atoms with Gasteiger partial charge in [-0.05, 0) is 47.9 Å². The van der Waals surface area contributed by atoms with Crippen molar-refractivity contribution in [3.05, 3.63) is 82.5 Å². The molecule has 11 heteroatoms. The van der Waals surface area contributed by atoms with E-state index in [1.54, 1.807) is 18.2 Å². The van der Waals surface area contributed by atoms with Crippen molar-refractivity contribution in [2.45, 2.75) is 18.4 Å². The van der Waals surface area contributed by atoms with Gasteiger partial charge in [0.25, 0.3) is 0 Å². The molecule has 0 bridgehead atoms. The quantitative estimate of drug-likeness (QED) is 0.283. The summed E-state index contributed by atoms with van der Waals surface area (Å²) in [4.78, 5) is 9.81. The maximum Gasteiger partial charge on any atom is 0.449 e. The highest BCUT2D eigenvalue weighted by atomic mass is 35.5. The highest BCUT2D eigenvalue weighted by molar-refractivity contribution is 6.31. The molecule has 182 valence electrons. The number of aliphatic hydroxyl groups is 2. The third-order valence-corrected chi connectivity index (χ3v) is 6.39. The third kappa shape index (κ3) is 3.82. The first kappa shape index (κ1) is 23.9. The van der Waals surface area contributed by atoms with Gasteiger partial charge in [-0.2, -0.15) is 18.4 Å². The number of pyridine rings is 2. The summed E-state index contributed by atoms with van der Waals surface area (Å²) in [5.41, 5.74) is 2.75. The molecule has 0 radical (unpaired) electrons. The van der Waals surface area contributed by atoms with E-state index in [-0.39, 0.29) is 10.6 Å². The Kier molecular flexibility index (Phi) is 5.59. The smallest absolute Gasteiger partial charge is 0.354 e. The van der Waals surface area contributed by atoms with Crippen LogP contribution in [0.15, 0.2) is 54.9 Å². The molecule has 0 fully saturated rings. The monoisotopic (exact) mass is 514 g/mol. The molecule has 2 N–H and O–H groups in total. The molecule has 1 aliphatic rings. The van der Waals surface area contributed by atoms with E-state index in [0.29, 0.717) is 46.4 Å². The van der Waals surface area contributed by atoms with Gasteiger partial charge >= 0.3 is 12.0 Å². The van der Waals surface area contributed by atoms with Gasteiger partial charge in [0, 0.05) is 35.6 Å². The minimum Gasteiger partial charge on any atom is -0.354 e. The van der Waals surface area contributed by atoms with Crippen LogP contribution in [0, 0.1) is 17.1 Å².